The zero-order chi connectivity index (χ0) is 29.8. The highest BCUT2D eigenvalue weighted by Gasteiger charge is 2.33. The van der Waals surface area contributed by atoms with E-state index >= 15 is 0 Å². The summed E-state index contributed by atoms with van der Waals surface area (Å²) in [4.78, 5) is 5.01. The number of hydrogen-bond acceptors (Lipinski definition) is 1. The standard InChI is InChI=1S/C42H27NOS/c1-4-14-31(15-5-1)45(32-16-6-2-7-17-32,33-18-8-3-9-19-33)34-25-27-42-38(29-34)37-28-30(24-26-41(37)44-42)43-39-22-12-10-20-35(39)36-21-11-13-23-40(36)43/h1-2,4-8,10-29H. The summed E-state index contributed by atoms with van der Waals surface area (Å²) < 4.78 is 8.84. The van der Waals surface area contributed by atoms with Crippen molar-refractivity contribution >= 4 is 53.8 Å². The minimum Gasteiger partial charge on any atom is -0.456 e. The van der Waals surface area contributed by atoms with Crippen molar-refractivity contribution in [3.8, 4) is 5.69 Å². The third-order valence-corrected chi connectivity index (χ3v) is 12.7. The SMILES string of the molecule is c1ccc(S(c2ccccc2)(c2ccccc2)c2ccc3oc4ccc(-n5c6ccccc6c6ccccc65)cc4c3c2)cc#1. The fraction of sp³-hybridized carbons (Fsp3) is 0. The van der Waals surface area contributed by atoms with Crippen molar-refractivity contribution in [3.05, 3.63) is 176 Å². The van der Waals surface area contributed by atoms with E-state index in [1.54, 1.807) is 0 Å². The molecule has 9 rings (SSSR count). The molecule has 45 heavy (non-hydrogen) atoms. The molecule has 2 aromatic heterocycles. The number of nitrogens with zero attached hydrogens (tertiary/aromatic N) is 1. The molecule has 0 saturated heterocycles. The van der Waals surface area contributed by atoms with Crippen LogP contribution in [0.4, 0.5) is 0 Å². The molecule has 0 amide bonds. The zero-order valence-corrected chi connectivity index (χ0v) is 25.2. The predicted octanol–water partition coefficient (Wildman–Crippen LogP) is 11.6. The van der Waals surface area contributed by atoms with Crippen LogP contribution in [-0.4, -0.2) is 4.57 Å². The molecular formula is C42H27NOS. The van der Waals surface area contributed by atoms with E-state index in [9.17, 15) is 0 Å². The second-order valence-electron chi connectivity index (χ2n) is 11.2. The quantitative estimate of drug-likeness (QED) is 0.194. The average molecular weight is 594 g/mol. The number of fused-ring (bicyclic) bond motifs is 6. The molecule has 0 spiro atoms. The van der Waals surface area contributed by atoms with Gasteiger partial charge in [-0.15, -0.1) is 10.0 Å². The number of para-hydroxylation sites is 2. The lowest BCUT2D eigenvalue weighted by Gasteiger charge is -2.41. The van der Waals surface area contributed by atoms with E-state index in [2.05, 4.69) is 174 Å². The van der Waals surface area contributed by atoms with Crippen LogP contribution in [-0.2, 0) is 0 Å². The summed E-state index contributed by atoms with van der Waals surface area (Å²) in [5.41, 5.74) is 5.27. The molecule has 2 heterocycles. The zero-order valence-electron chi connectivity index (χ0n) is 24.4. The van der Waals surface area contributed by atoms with Crippen LogP contribution in [0.1, 0.15) is 0 Å². The Kier molecular flexibility index (Phi) is 5.84. The molecule has 0 aliphatic rings. The lowest BCUT2D eigenvalue weighted by molar-refractivity contribution is 0.668. The van der Waals surface area contributed by atoms with Crippen LogP contribution in [0, 0.1) is 12.1 Å². The van der Waals surface area contributed by atoms with E-state index in [1.165, 1.54) is 41.4 Å². The normalized spacial score (nSPS) is 12.2. The Labute approximate surface area is 263 Å². The van der Waals surface area contributed by atoms with Gasteiger partial charge in [0, 0.05) is 52.9 Å². The monoisotopic (exact) mass is 593 g/mol. The van der Waals surface area contributed by atoms with Gasteiger partial charge >= 0.3 is 0 Å². The maximum absolute atomic E-state index is 6.47. The average Bonchev–Trinajstić information content (AvgIpc) is 3.65. The molecule has 2 nitrogen and oxygen atoms in total. The van der Waals surface area contributed by atoms with E-state index in [-0.39, 0.29) is 0 Å². The van der Waals surface area contributed by atoms with Crippen LogP contribution in [0.2, 0.25) is 0 Å². The summed E-state index contributed by atoms with van der Waals surface area (Å²) in [6.45, 7) is 0. The third-order valence-electron chi connectivity index (χ3n) is 8.79. The fourth-order valence-electron chi connectivity index (χ4n) is 6.86. The van der Waals surface area contributed by atoms with Gasteiger partial charge in [-0.05, 0) is 84.9 Å². The maximum Gasteiger partial charge on any atom is 0.135 e. The fourth-order valence-corrected chi connectivity index (χ4v) is 10.7. The minimum absolute atomic E-state index is 0.884. The first-order chi connectivity index (χ1) is 22.3. The van der Waals surface area contributed by atoms with Crippen molar-refractivity contribution in [2.24, 2.45) is 0 Å². The summed E-state index contributed by atoms with van der Waals surface area (Å²) in [6.07, 6.45) is 0. The highest BCUT2D eigenvalue weighted by atomic mass is 32.3. The van der Waals surface area contributed by atoms with Crippen LogP contribution >= 0.6 is 10.0 Å². The lowest BCUT2D eigenvalue weighted by Crippen LogP contribution is -2.04. The van der Waals surface area contributed by atoms with Gasteiger partial charge in [-0.25, -0.2) is 0 Å². The number of rotatable bonds is 5. The van der Waals surface area contributed by atoms with E-state index in [1.807, 2.05) is 6.07 Å². The van der Waals surface area contributed by atoms with Crippen molar-refractivity contribution in [2.45, 2.75) is 19.6 Å². The highest BCUT2D eigenvalue weighted by molar-refractivity contribution is 8.34. The van der Waals surface area contributed by atoms with Crippen LogP contribution in [0.3, 0.4) is 0 Å². The van der Waals surface area contributed by atoms with E-state index in [4.69, 9.17) is 4.42 Å². The van der Waals surface area contributed by atoms with Gasteiger partial charge in [0.2, 0.25) is 0 Å². The van der Waals surface area contributed by atoms with Gasteiger partial charge in [0.15, 0.2) is 0 Å². The third kappa shape index (κ3) is 3.87. The molecule has 0 saturated carbocycles. The molecule has 0 radical (unpaired) electrons. The van der Waals surface area contributed by atoms with Crippen LogP contribution in [0.15, 0.2) is 188 Å². The molecular weight excluding hydrogens is 567 g/mol. The molecule has 0 aliphatic heterocycles. The lowest BCUT2D eigenvalue weighted by atomic mass is 10.1. The summed E-state index contributed by atoms with van der Waals surface area (Å²) in [5.74, 6) is 0. The molecule has 0 bridgehead atoms. The van der Waals surface area contributed by atoms with Crippen LogP contribution in [0.5, 0.6) is 0 Å². The molecule has 7 aromatic carbocycles. The smallest absolute Gasteiger partial charge is 0.135 e. The topological polar surface area (TPSA) is 18.1 Å². The molecule has 0 fully saturated rings. The van der Waals surface area contributed by atoms with Gasteiger partial charge < -0.3 is 8.98 Å². The van der Waals surface area contributed by atoms with Gasteiger partial charge in [-0.3, -0.25) is 0 Å². The Morgan fingerprint density at radius 3 is 1.64 bits per heavy atom. The number of furan rings is 1. The summed E-state index contributed by atoms with van der Waals surface area (Å²) in [6, 6.07) is 65.1. The van der Waals surface area contributed by atoms with Crippen molar-refractivity contribution in [2.75, 3.05) is 0 Å². The highest BCUT2D eigenvalue weighted by Crippen LogP contribution is 2.73. The minimum atomic E-state index is -1.86. The van der Waals surface area contributed by atoms with Gasteiger partial charge in [-0.1, -0.05) is 84.9 Å². The molecule has 212 valence electrons. The molecule has 0 unspecified atom stereocenters. The Balaban J connectivity index is 1.34. The van der Waals surface area contributed by atoms with Crippen molar-refractivity contribution in [1.82, 2.24) is 4.57 Å². The summed E-state index contributed by atoms with van der Waals surface area (Å²) >= 11 is 0. The van der Waals surface area contributed by atoms with Gasteiger partial charge in [0.05, 0.1) is 11.0 Å². The molecule has 0 atom stereocenters. The maximum atomic E-state index is 6.47. The summed E-state index contributed by atoms with van der Waals surface area (Å²) in [7, 11) is -1.86. The largest absolute Gasteiger partial charge is 0.456 e. The van der Waals surface area contributed by atoms with E-state index in [0.717, 1.165) is 27.6 Å². The molecule has 0 aliphatic carbocycles. The molecule has 9 aromatic rings. The van der Waals surface area contributed by atoms with Crippen molar-refractivity contribution in [1.29, 1.82) is 0 Å². The predicted molar refractivity (Wildman–Crippen MR) is 186 cm³/mol. The van der Waals surface area contributed by atoms with E-state index < -0.39 is 10.0 Å². The Morgan fingerprint density at radius 1 is 0.444 bits per heavy atom. The second kappa shape index (κ2) is 10.2. The Bertz CT molecular complexity index is 2330. The number of aromatic nitrogens is 1. The van der Waals surface area contributed by atoms with E-state index in [0.29, 0.717) is 0 Å². The van der Waals surface area contributed by atoms with Crippen molar-refractivity contribution < 1.29 is 4.42 Å². The molecule has 0 N–H and O–H groups in total. The summed E-state index contributed by atoms with van der Waals surface area (Å²) in [5, 5.41) is 4.72. The first-order valence-corrected chi connectivity index (χ1v) is 16.7. The Morgan fingerprint density at radius 2 is 1.02 bits per heavy atom. The molecule has 3 heteroatoms. The van der Waals surface area contributed by atoms with Gasteiger partial charge in [-0.2, -0.15) is 0 Å². The van der Waals surface area contributed by atoms with Gasteiger partial charge in [0.25, 0.3) is 0 Å². The first kappa shape index (κ1) is 25.8. The second-order valence-corrected chi connectivity index (χ2v) is 14.3. The Hall–Kier alpha value is -5.69. The van der Waals surface area contributed by atoms with Crippen molar-refractivity contribution in [3.63, 3.8) is 0 Å². The number of hydrogen-bond donors (Lipinski definition) is 0. The van der Waals surface area contributed by atoms with Crippen LogP contribution in [0.25, 0.3) is 49.4 Å². The van der Waals surface area contributed by atoms with Gasteiger partial charge in [0.1, 0.15) is 11.2 Å². The number of benzene rings is 6. The first-order valence-electron chi connectivity index (χ1n) is 15.1. The van der Waals surface area contributed by atoms with Crippen LogP contribution < -0.4 is 0 Å².